The fraction of sp³-hybridized carbons (Fsp3) is 0.583. The van der Waals surface area contributed by atoms with Gasteiger partial charge in [-0.25, -0.2) is 4.40 Å². The van der Waals surface area contributed by atoms with E-state index in [1.54, 1.807) is 11.9 Å². The highest BCUT2D eigenvalue weighted by atomic mass is 32.2. The van der Waals surface area contributed by atoms with Gasteiger partial charge in [-0.05, 0) is 29.9 Å². The van der Waals surface area contributed by atoms with E-state index in [0.717, 1.165) is 0 Å². The summed E-state index contributed by atoms with van der Waals surface area (Å²) in [6, 6.07) is 0. The number of hydrogen-bond donors (Lipinski definition) is 0. The predicted octanol–water partition coefficient (Wildman–Crippen LogP) is 3.49. The van der Waals surface area contributed by atoms with Gasteiger partial charge in [-0.15, -0.1) is 0 Å². The maximum absolute atomic E-state index is 4.55. The van der Waals surface area contributed by atoms with Crippen molar-refractivity contribution in [3.05, 3.63) is 24.3 Å². The molecule has 0 amide bonds. The third kappa shape index (κ3) is 1.81. The molecule has 0 fully saturated rings. The van der Waals surface area contributed by atoms with Crippen molar-refractivity contribution in [3.63, 3.8) is 0 Å². The number of allylic oxidation sites excluding steroid dienone is 4. The van der Waals surface area contributed by atoms with Gasteiger partial charge in [-0.1, -0.05) is 39.0 Å². The van der Waals surface area contributed by atoms with Crippen molar-refractivity contribution in [1.82, 2.24) is 0 Å². The van der Waals surface area contributed by atoms with Crippen LogP contribution in [0.25, 0.3) is 0 Å². The predicted molar refractivity (Wildman–Crippen MR) is 64.6 cm³/mol. The summed E-state index contributed by atoms with van der Waals surface area (Å²) in [6.45, 7) is 6.77. The van der Waals surface area contributed by atoms with Gasteiger partial charge >= 0.3 is 0 Å². The van der Waals surface area contributed by atoms with Gasteiger partial charge < -0.3 is 0 Å². The maximum atomic E-state index is 4.55. The first-order valence-corrected chi connectivity index (χ1v) is 6.12. The van der Waals surface area contributed by atoms with Crippen molar-refractivity contribution in [2.45, 2.75) is 26.0 Å². The number of hydrogen-bond acceptors (Lipinski definition) is 2. The molecule has 3 atom stereocenters. The molecule has 2 aliphatic rings. The highest BCUT2D eigenvalue weighted by Gasteiger charge is 2.32. The molecule has 0 aromatic carbocycles. The largest absolute Gasteiger partial charge is 0.220 e. The van der Waals surface area contributed by atoms with Crippen molar-refractivity contribution in [1.29, 1.82) is 0 Å². The van der Waals surface area contributed by atoms with Crippen LogP contribution in [0.5, 0.6) is 0 Å². The first-order chi connectivity index (χ1) is 6.68. The molecule has 1 aliphatic carbocycles. The lowest BCUT2D eigenvalue weighted by Crippen LogP contribution is -2.22. The second-order valence-electron chi connectivity index (χ2n) is 4.46. The molecule has 0 aromatic heterocycles. The third-order valence-electron chi connectivity index (χ3n) is 2.82. The van der Waals surface area contributed by atoms with Crippen molar-refractivity contribution in [3.8, 4) is 0 Å². The molecule has 2 rings (SSSR count). The molecule has 14 heavy (non-hydrogen) atoms. The van der Waals surface area contributed by atoms with E-state index in [4.69, 9.17) is 0 Å². The standard InChI is InChI=1S/C12H17NS/c1-8(2)12-10-6-4-9(3)5-7-11(10)13-14-12/h4-10,12H,1-3H3. The Morgan fingerprint density at radius 2 is 2.07 bits per heavy atom. The normalized spacial score (nSPS) is 35.7. The van der Waals surface area contributed by atoms with Crippen LogP contribution in [-0.4, -0.2) is 11.0 Å². The van der Waals surface area contributed by atoms with Crippen LogP contribution < -0.4 is 0 Å². The molecular formula is C12H17NS. The molecule has 2 heteroatoms. The number of fused-ring (bicyclic) bond motifs is 1. The van der Waals surface area contributed by atoms with Gasteiger partial charge in [0.2, 0.25) is 0 Å². The zero-order valence-corrected chi connectivity index (χ0v) is 9.79. The summed E-state index contributed by atoms with van der Waals surface area (Å²) in [5.74, 6) is 1.79. The Morgan fingerprint density at radius 1 is 1.29 bits per heavy atom. The van der Waals surface area contributed by atoms with Gasteiger partial charge in [-0.2, -0.15) is 0 Å². The molecule has 3 unspecified atom stereocenters. The molecule has 1 nitrogen and oxygen atoms in total. The van der Waals surface area contributed by atoms with E-state index in [9.17, 15) is 0 Å². The second kappa shape index (κ2) is 3.93. The van der Waals surface area contributed by atoms with Crippen LogP contribution >= 0.6 is 11.9 Å². The molecule has 1 aliphatic heterocycles. The Balaban J connectivity index is 2.23. The van der Waals surface area contributed by atoms with E-state index in [1.165, 1.54) is 5.71 Å². The van der Waals surface area contributed by atoms with Crippen molar-refractivity contribution < 1.29 is 0 Å². The summed E-state index contributed by atoms with van der Waals surface area (Å²) >= 11 is 1.75. The van der Waals surface area contributed by atoms with Crippen LogP contribution in [0.4, 0.5) is 0 Å². The summed E-state index contributed by atoms with van der Waals surface area (Å²) in [4.78, 5) is 0. The molecule has 76 valence electrons. The average molecular weight is 207 g/mol. The van der Waals surface area contributed by atoms with E-state index >= 15 is 0 Å². The monoisotopic (exact) mass is 207 g/mol. The van der Waals surface area contributed by atoms with E-state index in [1.807, 2.05) is 0 Å². The first-order valence-electron chi connectivity index (χ1n) is 5.28. The van der Waals surface area contributed by atoms with Crippen molar-refractivity contribution >= 4 is 17.7 Å². The Kier molecular flexibility index (Phi) is 2.82. The molecule has 1 heterocycles. The number of nitrogens with zero attached hydrogens (tertiary/aromatic N) is 1. The van der Waals surface area contributed by atoms with Gasteiger partial charge in [0.25, 0.3) is 0 Å². The first kappa shape index (κ1) is 10.0. The summed E-state index contributed by atoms with van der Waals surface area (Å²) in [5.41, 5.74) is 1.26. The third-order valence-corrected chi connectivity index (χ3v) is 4.22. The second-order valence-corrected chi connectivity index (χ2v) is 5.40. The topological polar surface area (TPSA) is 12.4 Å². The summed E-state index contributed by atoms with van der Waals surface area (Å²) < 4.78 is 4.55. The molecule has 0 aromatic rings. The molecule has 0 bridgehead atoms. The van der Waals surface area contributed by atoms with Crippen molar-refractivity contribution in [2.75, 3.05) is 0 Å². The lowest BCUT2D eigenvalue weighted by atomic mass is 9.92. The lowest BCUT2D eigenvalue weighted by Gasteiger charge is -2.18. The fourth-order valence-electron chi connectivity index (χ4n) is 1.91. The fourth-order valence-corrected chi connectivity index (χ4v) is 2.94. The molecular weight excluding hydrogens is 190 g/mol. The van der Waals surface area contributed by atoms with Crippen molar-refractivity contribution in [2.24, 2.45) is 22.2 Å². The minimum atomic E-state index is 0.543. The van der Waals surface area contributed by atoms with E-state index in [2.05, 4.69) is 49.5 Å². The smallest absolute Gasteiger partial charge is 0.0564 e. The van der Waals surface area contributed by atoms with Crippen LogP contribution in [0, 0.1) is 17.8 Å². The Labute approximate surface area is 90.5 Å². The van der Waals surface area contributed by atoms with E-state index in [0.29, 0.717) is 23.0 Å². The highest BCUT2D eigenvalue weighted by molar-refractivity contribution is 7.99. The zero-order chi connectivity index (χ0) is 10.1. The quantitative estimate of drug-likeness (QED) is 0.473. The van der Waals surface area contributed by atoms with Crippen LogP contribution in [0.2, 0.25) is 0 Å². The Hall–Kier alpha value is -0.500. The lowest BCUT2D eigenvalue weighted by molar-refractivity contribution is 0.574. The van der Waals surface area contributed by atoms with E-state index in [-0.39, 0.29) is 0 Å². The van der Waals surface area contributed by atoms with Gasteiger partial charge in [0, 0.05) is 11.2 Å². The van der Waals surface area contributed by atoms with Crippen LogP contribution in [0.15, 0.2) is 28.7 Å². The van der Waals surface area contributed by atoms with Crippen LogP contribution in [-0.2, 0) is 0 Å². The molecule has 0 N–H and O–H groups in total. The molecule has 0 saturated carbocycles. The van der Waals surface area contributed by atoms with Gasteiger partial charge in [0.1, 0.15) is 0 Å². The van der Waals surface area contributed by atoms with Gasteiger partial charge in [-0.3, -0.25) is 0 Å². The zero-order valence-electron chi connectivity index (χ0n) is 8.97. The Morgan fingerprint density at radius 3 is 2.79 bits per heavy atom. The molecule has 0 spiro atoms. The average Bonchev–Trinajstić information content (AvgIpc) is 2.46. The van der Waals surface area contributed by atoms with Gasteiger partial charge in [0.15, 0.2) is 0 Å². The summed E-state index contributed by atoms with van der Waals surface area (Å²) in [6.07, 6.45) is 9.07. The summed E-state index contributed by atoms with van der Waals surface area (Å²) in [7, 11) is 0. The summed E-state index contributed by atoms with van der Waals surface area (Å²) in [5, 5.41) is 0.635. The minimum absolute atomic E-state index is 0.543. The molecule has 0 saturated heterocycles. The Bertz CT molecular complexity index is 301. The number of rotatable bonds is 1. The van der Waals surface area contributed by atoms with Crippen LogP contribution in [0.3, 0.4) is 0 Å². The minimum Gasteiger partial charge on any atom is -0.220 e. The van der Waals surface area contributed by atoms with Gasteiger partial charge in [0.05, 0.1) is 5.71 Å². The van der Waals surface area contributed by atoms with E-state index < -0.39 is 0 Å². The van der Waals surface area contributed by atoms with Crippen LogP contribution in [0.1, 0.15) is 20.8 Å². The molecule has 0 radical (unpaired) electrons. The maximum Gasteiger partial charge on any atom is 0.0564 e. The SMILES string of the molecule is CC1C=CC2=NSC(C(C)C)C2C=C1. The highest BCUT2D eigenvalue weighted by Crippen LogP contribution is 2.37.